The lowest BCUT2D eigenvalue weighted by molar-refractivity contribution is 0.0730. The lowest BCUT2D eigenvalue weighted by atomic mass is 10.1. The van der Waals surface area contributed by atoms with Gasteiger partial charge in [-0.15, -0.1) is 12.4 Å². The molecule has 0 bridgehead atoms. The molecule has 4 rings (SSSR count). The quantitative estimate of drug-likeness (QED) is 0.739. The number of imidazole rings is 1. The van der Waals surface area contributed by atoms with E-state index in [1.54, 1.807) is 18.2 Å². The number of sulfonamides is 1. The van der Waals surface area contributed by atoms with Crippen molar-refractivity contribution in [1.29, 1.82) is 0 Å². The molecule has 0 aliphatic carbocycles. The first-order valence-corrected chi connectivity index (χ1v) is 9.67. The van der Waals surface area contributed by atoms with E-state index in [1.165, 1.54) is 4.31 Å². The number of hydrogen-bond acceptors (Lipinski definition) is 4. The van der Waals surface area contributed by atoms with Gasteiger partial charge in [0.1, 0.15) is 5.82 Å². The fraction of sp³-hybridized carbons (Fsp3) is 0.278. The van der Waals surface area contributed by atoms with Crippen LogP contribution in [0.1, 0.15) is 11.4 Å². The van der Waals surface area contributed by atoms with Crippen molar-refractivity contribution < 1.29 is 13.2 Å². The van der Waals surface area contributed by atoms with Crippen LogP contribution in [0.3, 0.4) is 0 Å². The predicted molar refractivity (Wildman–Crippen MR) is 102 cm³/mol. The summed E-state index contributed by atoms with van der Waals surface area (Å²) >= 11 is 0. The Hall–Kier alpha value is -1.93. The van der Waals surface area contributed by atoms with E-state index in [1.807, 2.05) is 30.3 Å². The van der Waals surface area contributed by atoms with Gasteiger partial charge >= 0.3 is 0 Å². The number of nitrogens with zero attached hydrogens (tertiary/aromatic N) is 2. The molecular weight excluding hydrogens is 374 g/mol. The Morgan fingerprint density at radius 3 is 2.54 bits per heavy atom. The zero-order chi connectivity index (χ0) is 17.3. The van der Waals surface area contributed by atoms with E-state index in [0.717, 1.165) is 22.4 Å². The molecule has 2 aromatic carbocycles. The molecule has 26 heavy (non-hydrogen) atoms. The van der Waals surface area contributed by atoms with Crippen molar-refractivity contribution in [3.05, 3.63) is 59.9 Å². The number of benzene rings is 2. The summed E-state index contributed by atoms with van der Waals surface area (Å²) in [6.07, 6.45) is 0.682. The molecule has 1 aliphatic rings. The van der Waals surface area contributed by atoms with Crippen LogP contribution in [0, 0.1) is 0 Å². The summed E-state index contributed by atoms with van der Waals surface area (Å²) in [5, 5.41) is 0. The monoisotopic (exact) mass is 393 g/mol. The maximum absolute atomic E-state index is 12.8. The molecular formula is C18H20ClN3O3S. The number of H-pyrrole nitrogens is 1. The van der Waals surface area contributed by atoms with E-state index in [4.69, 9.17) is 4.74 Å². The van der Waals surface area contributed by atoms with E-state index in [2.05, 4.69) is 9.97 Å². The first-order valence-electron chi connectivity index (χ1n) is 8.23. The van der Waals surface area contributed by atoms with Crippen LogP contribution in [-0.2, 0) is 21.2 Å². The van der Waals surface area contributed by atoms with Crippen LogP contribution in [-0.4, -0.2) is 49.0 Å². The highest BCUT2D eigenvalue weighted by Gasteiger charge is 2.26. The number of aromatic nitrogens is 2. The number of rotatable bonds is 4. The Morgan fingerprint density at radius 1 is 1.08 bits per heavy atom. The van der Waals surface area contributed by atoms with E-state index in [9.17, 15) is 8.42 Å². The Bertz CT molecular complexity index is 983. The second-order valence-electron chi connectivity index (χ2n) is 6.04. The van der Waals surface area contributed by atoms with Crippen molar-refractivity contribution >= 4 is 33.5 Å². The summed E-state index contributed by atoms with van der Waals surface area (Å²) in [5.74, 6) is 0.821. The van der Waals surface area contributed by atoms with Gasteiger partial charge in [-0.2, -0.15) is 4.31 Å². The zero-order valence-electron chi connectivity index (χ0n) is 14.1. The van der Waals surface area contributed by atoms with Gasteiger partial charge in [-0.05, 0) is 23.8 Å². The molecule has 3 aromatic rings. The Kier molecular flexibility index (Phi) is 5.62. The molecule has 1 aromatic heterocycles. The number of aromatic amines is 1. The Balaban J connectivity index is 0.00000196. The predicted octanol–water partition coefficient (Wildman–Crippen LogP) is 2.60. The van der Waals surface area contributed by atoms with Crippen LogP contribution in [0.4, 0.5) is 0 Å². The van der Waals surface area contributed by atoms with Gasteiger partial charge in [-0.1, -0.05) is 30.3 Å². The maximum Gasteiger partial charge on any atom is 0.243 e. The third kappa shape index (κ3) is 3.76. The van der Waals surface area contributed by atoms with E-state index < -0.39 is 10.0 Å². The van der Waals surface area contributed by atoms with Crippen molar-refractivity contribution in [1.82, 2.24) is 14.3 Å². The average Bonchev–Trinajstić information content (AvgIpc) is 3.04. The van der Waals surface area contributed by atoms with Crippen LogP contribution in [0.5, 0.6) is 0 Å². The minimum absolute atomic E-state index is 0. The van der Waals surface area contributed by atoms with Crippen LogP contribution in [0.25, 0.3) is 11.0 Å². The molecule has 1 saturated heterocycles. The molecule has 1 fully saturated rings. The molecule has 1 aliphatic heterocycles. The Labute approximate surface area is 158 Å². The average molecular weight is 394 g/mol. The summed E-state index contributed by atoms with van der Waals surface area (Å²) in [6, 6.07) is 15.1. The number of fused-ring (bicyclic) bond motifs is 1. The molecule has 0 unspecified atom stereocenters. The second kappa shape index (κ2) is 7.75. The first kappa shape index (κ1) is 18.8. The van der Waals surface area contributed by atoms with E-state index >= 15 is 0 Å². The largest absolute Gasteiger partial charge is 0.379 e. The van der Waals surface area contributed by atoms with Crippen molar-refractivity contribution in [2.24, 2.45) is 0 Å². The maximum atomic E-state index is 12.8. The number of hydrogen-bond donors (Lipinski definition) is 1. The highest BCUT2D eigenvalue weighted by Crippen LogP contribution is 2.22. The summed E-state index contributed by atoms with van der Waals surface area (Å²) in [6.45, 7) is 1.66. The van der Waals surface area contributed by atoms with Gasteiger partial charge < -0.3 is 9.72 Å². The number of morpholine rings is 1. The van der Waals surface area contributed by atoms with E-state index in [-0.39, 0.29) is 17.3 Å². The number of nitrogens with one attached hydrogen (secondary N) is 1. The molecule has 0 saturated carbocycles. The number of ether oxygens (including phenoxy) is 1. The lowest BCUT2D eigenvalue weighted by Crippen LogP contribution is -2.40. The van der Waals surface area contributed by atoms with Gasteiger partial charge in [0.2, 0.25) is 10.0 Å². The fourth-order valence-electron chi connectivity index (χ4n) is 3.01. The zero-order valence-corrected chi connectivity index (χ0v) is 15.7. The topological polar surface area (TPSA) is 75.3 Å². The summed E-state index contributed by atoms with van der Waals surface area (Å²) < 4.78 is 32.2. The van der Waals surface area contributed by atoms with Crippen molar-refractivity contribution in [2.75, 3.05) is 26.3 Å². The summed E-state index contributed by atoms with van der Waals surface area (Å²) in [5.41, 5.74) is 2.66. The van der Waals surface area contributed by atoms with Gasteiger partial charge in [0, 0.05) is 19.5 Å². The molecule has 0 radical (unpaired) electrons. The molecule has 0 amide bonds. The smallest absolute Gasteiger partial charge is 0.243 e. The van der Waals surface area contributed by atoms with Crippen LogP contribution in [0.2, 0.25) is 0 Å². The standard InChI is InChI=1S/C18H19N3O3S.ClH/c22-25(23,21-8-10-24-11-9-21)15-6-7-16-17(13-15)20-18(19-16)12-14-4-2-1-3-5-14;/h1-7,13H,8-12H2,(H,19,20);1H. The van der Waals surface area contributed by atoms with Gasteiger partial charge in [-0.25, -0.2) is 13.4 Å². The third-order valence-corrected chi connectivity index (χ3v) is 6.22. The third-order valence-electron chi connectivity index (χ3n) is 4.32. The molecule has 0 spiro atoms. The molecule has 138 valence electrons. The van der Waals surface area contributed by atoms with Crippen LogP contribution < -0.4 is 0 Å². The first-order chi connectivity index (χ1) is 12.1. The van der Waals surface area contributed by atoms with Crippen molar-refractivity contribution in [2.45, 2.75) is 11.3 Å². The van der Waals surface area contributed by atoms with Gasteiger partial charge in [0.05, 0.1) is 29.1 Å². The van der Waals surface area contributed by atoms with Crippen LogP contribution >= 0.6 is 12.4 Å². The minimum atomic E-state index is -3.50. The normalized spacial score (nSPS) is 15.7. The Morgan fingerprint density at radius 2 is 1.81 bits per heavy atom. The molecule has 6 nitrogen and oxygen atoms in total. The molecule has 2 heterocycles. The van der Waals surface area contributed by atoms with Crippen molar-refractivity contribution in [3.8, 4) is 0 Å². The SMILES string of the molecule is Cl.O=S(=O)(c1ccc2nc(Cc3ccccc3)[nH]c2c1)N1CCOCC1. The van der Waals surface area contributed by atoms with Gasteiger partial charge in [0.25, 0.3) is 0 Å². The fourth-order valence-corrected chi connectivity index (χ4v) is 4.45. The van der Waals surface area contributed by atoms with Crippen molar-refractivity contribution in [3.63, 3.8) is 0 Å². The minimum Gasteiger partial charge on any atom is -0.379 e. The second-order valence-corrected chi connectivity index (χ2v) is 7.98. The highest BCUT2D eigenvalue weighted by atomic mass is 35.5. The van der Waals surface area contributed by atoms with Crippen LogP contribution in [0.15, 0.2) is 53.4 Å². The lowest BCUT2D eigenvalue weighted by Gasteiger charge is -2.25. The molecule has 8 heteroatoms. The summed E-state index contributed by atoms with van der Waals surface area (Å²) in [4.78, 5) is 8.09. The molecule has 0 atom stereocenters. The van der Waals surface area contributed by atoms with E-state index in [0.29, 0.717) is 32.7 Å². The summed E-state index contributed by atoms with van der Waals surface area (Å²) in [7, 11) is -3.50. The van der Waals surface area contributed by atoms with Gasteiger partial charge in [0.15, 0.2) is 0 Å². The van der Waals surface area contributed by atoms with Gasteiger partial charge in [-0.3, -0.25) is 0 Å². The highest BCUT2D eigenvalue weighted by molar-refractivity contribution is 7.89. The molecule has 1 N–H and O–H groups in total. The number of halogens is 1.